The molecule has 33 heavy (non-hydrogen) atoms. The van der Waals surface area contributed by atoms with E-state index in [1.54, 1.807) is 18.3 Å². The molecule has 0 unspecified atom stereocenters. The van der Waals surface area contributed by atoms with E-state index in [0.29, 0.717) is 44.0 Å². The Hall–Kier alpha value is -3.53. The molecule has 2 N–H and O–H groups in total. The fourth-order valence-electron chi connectivity index (χ4n) is 4.07. The molecule has 4 rings (SSSR count). The molecule has 0 spiro atoms. The van der Waals surface area contributed by atoms with Crippen LogP contribution < -0.4 is 21.5 Å². The number of aromatic amines is 1. The highest BCUT2D eigenvalue weighted by Crippen LogP contribution is 2.22. The first-order valence-corrected chi connectivity index (χ1v) is 10.4. The van der Waals surface area contributed by atoms with Gasteiger partial charge >= 0.3 is 5.69 Å². The van der Waals surface area contributed by atoms with Crippen LogP contribution in [0.2, 0.25) is 0 Å². The average Bonchev–Trinajstić information content (AvgIpc) is 2.82. The highest BCUT2D eigenvalue weighted by Gasteiger charge is 2.21. The first-order valence-electron chi connectivity index (χ1n) is 13.4. The maximum absolute atomic E-state index is 14.8. The van der Waals surface area contributed by atoms with Gasteiger partial charge in [0.05, 0.1) is 22.3 Å². The third-order valence-corrected chi connectivity index (χ3v) is 5.75. The van der Waals surface area contributed by atoms with Crippen molar-refractivity contribution in [2.75, 3.05) is 38.1 Å². The number of piperazine rings is 1. The number of hydrogen-bond donors (Lipinski definition) is 2. The van der Waals surface area contributed by atoms with Gasteiger partial charge in [-0.2, -0.15) is 0 Å². The van der Waals surface area contributed by atoms with Crippen molar-refractivity contribution in [1.82, 2.24) is 24.8 Å². The molecule has 3 aromatic rings. The van der Waals surface area contributed by atoms with E-state index < -0.39 is 36.8 Å². The van der Waals surface area contributed by atoms with Crippen LogP contribution in [0.5, 0.6) is 0 Å². The van der Waals surface area contributed by atoms with Crippen LogP contribution in [0.25, 0.3) is 10.9 Å². The number of halogens is 1. The van der Waals surface area contributed by atoms with Gasteiger partial charge in [-0.1, -0.05) is 0 Å². The zero-order valence-corrected chi connectivity index (χ0v) is 17.9. The number of benzene rings is 1. The number of H-pyrrole nitrogens is 1. The summed E-state index contributed by atoms with van der Waals surface area (Å²) in [5.74, 6) is -1.73. The third kappa shape index (κ3) is 4.38. The van der Waals surface area contributed by atoms with Crippen molar-refractivity contribution in [3.05, 3.63) is 67.9 Å². The molecule has 0 radical (unpaired) electrons. The summed E-state index contributed by atoms with van der Waals surface area (Å²) in [5.41, 5.74) is -0.933. The van der Waals surface area contributed by atoms with Crippen molar-refractivity contribution in [1.29, 1.82) is 0 Å². The van der Waals surface area contributed by atoms with Crippen LogP contribution in [0.1, 0.15) is 36.9 Å². The molecule has 0 aliphatic carbocycles. The Morgan fingerprint density at radius 1 is 1.24 bits per heavy atom. The molecular formula is C23H27FN6O3. The van der Waals surface area contributed by atoms with Gasteiger partial charge in [-0.3, -0.25) is 19.1 Å². The molecule has 9 nitrogen and oxygen atoms in total. The summed E-state index contributed by atoms with van der Waals surface area (Å²) in [6.45, 7) is -1.56. The Bertz CT molecular complexity index is 1530. The predicted molar refractivity (Wildman–Crippen MR) is 124 cm³/mol. The second-order valence-electron chi connectivity index (χ2n) is 7.76. The zero-order chi connectivity index (χ0) is 28.7. The molecule has 174 valence electrons. The van der Waals surface area contributed by atoms with Gasteiger partial charge < -0.3 is 15.2 Å². The number of anilines is 1. The van der Waals surface area contributed by atoms with Crippen molar-refractivity contribution in [2.24, 2.45) is 0 Å². The standard InChI is InChI=1S/C23H27FN6O3/c1-4-30-22(32)20-16(24)11-15(12-18(20)27-23(30)33)13-28-7-9-29(10-8-28)19-6-5-17(21(31)25-3)26-14(19)2/h5-6,11-12H,4,7-10,13H2,1-3H3,(H,25,31)(H,27,33)/i2D3,3D3. The van der Waals surface area contributed by atoms with Crippen molar-refractivity contribution in [3.63, 3.8) is 0 Å². The minimum atomic E-state index is -2.74. The number of carbonyl (C=O) groups is 1. The summed E-state index contributed by atoms with van der Waals surface area (Å²) >= 11 is 0. The number of pyridine rings is 1. The molecule has 1 saturated heterocycles. The summed E-state index contributed by atoms with van der Waals surface area (Å²) in [6.07, 6.45) is 0. The van der Waals surface area contributed by atoms with E-state index in [-0.39, 0.29) is 28.8 Å². The number of nitrogens with one attached hydrogen (secondary N) is 2. The number of carbonyl (C=O) groups excluding carboxylic acids is 1. The summed E-state index contributed by atoms with van der Waals surface area (Å²) in [7, 11) is 0. The Labute approximate surface area is 198 Å². The van der Waals surface area contributed by atoms with E-state index in [4.69, 9.17) is 8.22 Å². The Balaban J connectivity index is 1.51. The monoisotopic (exact) mass is 460 g/mol. The summed E-state index contributed by atoms with van der Waals surface area (Å²) in [6, 6.07) is 5.57. The highest BCUT2D eigenvalue weighted by molar-refractivity contribution is 5.92. The second-order valence-corrected chi connectivity index (χ2v) is 7.76. The van der Waals surface area contributed by atoms with E-state index in [0.717, 1.165) is 4.57 Å². The van der Waals surface area contributed by atoms with E-state index in [1.807, 2.05) is 9.80 Å². The van der Waals surface area contributed by atoms with Gasteiger partial charge in [0.1, 0.15) is 11.5 Å². The largest absolute Gasteiger partial charge is 0.368 e. The number of nitrogens with zero attached hydrogens (tertiary/aromatic N) is 4. The number of aryl methyl sites for hydroxylation is 1. The van der Waals surface area contributed by atoms with Gasteiger partial charge in [0.25, 0.3) is 11.5 Å². The minimum absolute atomic E-state index is 0.118. The number of hydrogen-bond acceptors (Lipinski definition) is 6. The lowest BCUT2D eigenvalue weighted by molar-refractivity contribution is 0.0958. The highest BCUT2D eigenvalue weighted by atomic mass is 19.1. The molecule has 0 saturated carbocycles. The molecule has 0 atom stereocenters. The van der Waals surface area contributed by atoms with Crippen molar-refractivity contribution in [3.8, 4) is 0 Å². The van der Waals surface area contributed by atoms with Gasteiger partial charge in [0.2, 0.25) is 0 Å². The van der Waals surface area contributed by atoms with Crippen LogP contribution in [0.15, 0.2) is 33.9 Å². The van der Waals surface area contributed by atoms with E-state index >= 15 is 0 Å². The Morgan fingerprint density at radius 2 is 2.03 bits per heavy atom. The van der Waals surface area contributed by atoms with E-state index in [1.165, 1.54) is 18.2 Å². The number of aromatic nitrogens is 3. The van der Waals surface area contributed by atoms with Gasteiger partial charge in [-0.15, -0.1) is 0 Å². The molecule has 10 heteroatoms. The van der Waals surface area contributed by atoms with Crippen LogP contribution in [0.4, 0.5) is 10.1 Å². The number of amides is 1. The van der Waals surface area contributed by atoms with Crippen molar-refractivity contribution >= 4 is 22.5 Å². The van der Waals surface area contributed by atoms with Crippen LogP contribution >= 0.6 is 0 Å². The van der Waals surface area contributed by atoms with Crippen molar-refractivity contribution < 1.29 is 17.4 Å². The molecule has 1 aromatic carbocycles. The lowest BCUT2D eigenvalue weighted by Gasteiger charge is -2.36. The molecule has 0 bridgehead atoms. The van der Waals surface area contributed by atoms with Crippen LogP contribution in [-0.2, 0) is 13.1 Å². The first-order chi connectivity index (χ1) is 18.2. The van der Waals surface area contributed by atoms with Gasteiger partial charge in [0, 0.05) is 54.5 Å². The number of rotatable bonds is 5. The van der Waals surface area contributed by atoms with E-state index in [2.05, 4.69) is 9.97 Å². The van der Waals surface area contributed by atoms with Crippen LogP contribution in [0, 0.1) is 12.7 Å². The average molecular weight is 461 g/mol. The molecule has 3 heterocycles. The number of fused-ring (bicyclic) bond motifs is 1. The van der Waals surface area contributed by atoms with Gasteiger partial charge in [-0.05, 0) is 43.6 Å². The summed E-state index contributed by atoms with van der Waals surface area (Å²) in [4.78, 5) is 47.2. The smallest absolute Gasteiger partial charge is 0.328 e. The molecule has 1 aliphatic rings. The fourth-order valence-corrected chi connectivity index (χ4v) is 4.07. The first kappa shape index (κ1) is 16.1. The van der Waals surface area contributed by atoms with Crippen LogP contribution in [0.3, 0.4) is 0 Å². The van der Waals surface area contributed by atoms with E-state index in [9.17, 15) is 18.8 Å². The predicted octanol–water partition coefficient (Wildman–Crippen LogP) is 1.23. The van der Waals surface area contributed by atoms with Crippen molar-refractivity contribution in [2.45, 2.75) is 26.9 Å². The lowest BCUT2D eigenvalue weighted by Crippen LogP contribution is -2.46. The summed E-state index contributed by atoms with van der Waals surface area (Å²) in [5, 5.41) is 1.62. The lowest BCUT2D eigenvalue weighted by atomic mass is 10.1. The maximum Gasteiger partial charge on any atom is 0.328 e. The Morgan fingerprint density at radius 3 is 2.73 bits per heavy atom. The quantitative estimate of drug-likeness (QED) is 0.594. The molecule has 2 aromatic heterocycles. The molecule has 1 fully saturated rings. The maximum atomic E-state index is 14.8. The SMILES string of the molecule is [2H]C([2H])([2H])NC(=O)c1ccc(N2CCN(Cc3cc(F)c4c(=O)n(CC)c(=O)[nH]c4c3)CC2)c(C([2H])([2H])[2H])n1. The topological polar surface area (TPSA) is 103 Å². The van der Waals surface area contributed by atoms with Gasteiger partial charge in [-0.25, -0.2) is 14.2 Å². The van der Waals surface area contributed by atoms with Crippen LogP contribution in [-0.4, -0.2) is 58.5 Å². The molecule has 1 aliphatic heterocycles. The molecule has 1 amide bonds. The summed E-state index contributed by atoms with van der Waals surface area (Å²) < 4.78 is 61.0. The third-order valence-electron chi connectivity index (χ3n) is 5.75. The van der Waals surface area contributed by atoms with Gasteiger partial charge in [0.15, 0.2) is 0 Å². The normalized spacial score (nSPS) is 18.1. The zero-order valence-electron chi connectivity index (χ0n) is 23.9. The molecular weight excluding hydrogens is 427 g/mol. The minimum Gasteiger partial charge on any atom is -0.368 e. The fraction of sp³-hybridized carbons (Fsp3) is 0.391. The Kier molecular flexibility index (Phi) is 4.47. The second kappa shape index (κ2) is 9.14.